The Kier molecular flexibility index (Phi) is 4.72. The lowest BCUT2D eigenvalue weighted by Crippen LogP contribution is -2.46. The molecule has 0 aliphatic heterocycles. The van der Waals surface area contributed by atoms with Crippen LogP contribution in [0.25, 0.3) is 0 Å². The van der Waals surface area contributed by atoms with E-state index < -0.39 is 0 Å². The van der Waals surface area contributed by atoms with Crippen molar-refractivity contribution in [3.05, 3.63) is 35.6 Å². The Hall–Kier alpha value is -1.38. The van der Waals surface area contributed by atoms with Crippen LogP contribution in [0.5, 0.6) is 0 Å². The summed E-state index contributed by atoms with van der Waals surface area (Å²) in [4.78, 5) is 12.0. The van der Waals surface area contributed by atoms with Crippen LogP contribution in [0.3, 0.4) is 0 Å². The number of nitrogens with one attached hydrogen (secondary N) is 1. The van der Waals surface area contributed by atoms with Crippen LogP contribution in [-0.4, -0.2) is 11.4 Å². The van der Waals surface area contributed by atoms with Gasteiger partial charge in [0.25, 0.3) is 0 Å². The monoisotopic (exact) mass is 265 g/mol. The standard InChI is InChI=1S/C16H24FNO/c1-15(2,3)11-16(4,5)18-14(19)10-12-6-8-13(17)9-7-12/h6-9H,10-11H2,1-5H3,(H,18,19). The van der Waals surface area contributed by atoms with Crippen molar-refractivity contribution >= 4 is 5.91 Å². The highest BCUT2D eigenvalue weighted by atomic mass is 19.1. The molecule has 1 N–H and O–H groups in total. The van der Waals surface area contributed by atoms with Crippen molar-refractivity contribution in [2.24, 2.45) is 5.41 Å². The Balaban J connectivity index is 2.57. The Labute approximate surface area is 115 Å². The van der Waals surface area contributed by atoms with Crippen molar-refractivity contribution in [3.63, 3.8) is 0 Å². The summed E-state index contributed by atoms with van der Waals surface area (Å²) in [5.74, 6) is -0.307. The highest BCUT2D eigenvalue weighted by molar-refractivity contribution is 5.79. The van der Waals surface area contributed by atoms with Crippen LogP contribution < -0.4 is 5.32 Å². The van der Waals surface area contributed by atoms with E-state index in [0.29, 0.717) is 0 Å². The topological polar surface area (TPSA) is 29.1 Å². The van der Waals surface area contributed by atoms with Crippen LogP contribution in [-0.2, 0) is 11.2 Å². The number of hydrogen-bond acceptors (Lipinski definition) is 1. The van der Waals surface area contributed by atoms with Gasteiger partial charge >= 0.3 is 0 Å². The molecule has 0 bridgehead atoms. The molecule has 0 aromatic heterocycles. The summed E-state index contributed by atoms with van der Waals surface area (Å²) in [6.07, 6.45) is 1.18. The summed E-state index contributed by atoms with van der Waals surface area (Å²) < 4.78 is 12.8. The van der Waals surface area contributed by atoms with Gasteiger partial charge in [0.05, 0.1) is 6.42 Å². The number of benzene rings is 1. The first-order valence-corrected chi connectivity index (χ1v) is 6.63. The van der Waals surface area contributed by atoms with Gasteiger partial charge in [0.1, 0.15) is 5.82 Å². The van der Waals surface area contributed by atoms with Crippen LogP contribution >= 0.6 is 0 Å². The molecule has 0 aliphatic rings. The molecule has 0 saturated carbocycles. The lowest BCUT2D eigenvalue weighted by molar-refractivity contribution is -0.122. The highest BCUT2D eigenvalue weighted by Crippen LogP contribution is 2.26. The fourth-order valence-electron chi connectivity index (χ4n) is 2.58. The Morgan fingerprint density at radius 3 is 2.11 bits per heavy atom. The van der Waals surface area contributed by atoms with E-state index in [0.717, 1.165) is 12.0 Å². The Morgan fingerprint density at radius 1 is 1.11 bits per heavy atom. The lowest BCUT2D eigenvalue weighted by Gasteiger charge is -2.33. The summed E-state index contributed by atoms with van der Waals surface area (Å²) in [6.45, 7) is 10.5. The molecular weight excluding hydrogens is 241 g/mol. The molecule has 0 fully saturated rings. The molecule has 0 heterocycles. The molecule has 0 unspecified atom stereocenters. The summed E-state index contributed by atoms with van der Waals surface area (Å²) >= 11 is 0. The molecule has 19 heavy (non-hydrogen) atoms. The predicted octanol–water partition coefficient (Wildman–Crippen LogP) is 3.70. The van der Waals surface area contributed by atoms with E-state index in [2.05, 4.69) is 26.1 Å². The minimum absolute atomic E-state index is 0.0270. The van der Waals surface area contributed by atoms with Crippen LogP contribution in [0.2, 0.25) is 0 Å². The third-order valence-corrected chi connectivity index (χ3v) is 2.73. The van der Waals surface area contributed by atoms with Crippen molar-refractivity contribution in [2.75, 3.05) is 0 Å². The minimum atomic E-state index is -0.280. The molecule has 0 atom stereocenters. The second-order valence-corrected chi connectivity index (χ2v) is 6.97. The number of rotatable bonds is 4. The SMILES string of the molecule is CC(C)(C)CC(C)(C)NC(=O)Cc1ccc(F)cc1. The largest absolute Gasteiger partial charge is 0.351 e. The van der Waals surface area contributed by atoms with Gasteiger partial charge in [-0.1, -0.05) is 32.9 Å². The molecule has 0 spiro atoms. The summed E-state index contributed by atoms with van der Waals surface area (Å²) in [6, 6.07) is 6.04. The van der Waals surface area contributed by atoms with Gasteiger partial charge in [0.2, 0.25) is 5.91 Å². The van der Waals surface area contributed by atoms with E-state index in [4.69, 9.17) is 0 Å². The number of carbonyl (C=O) groups excluding carboxylic acids is 1. The van der Waals surface area contributed by atoms with Gasteiger partial charge < -0.3 is 5.32 Å². The number of carbonyl (C=O) groups is 1. The first-order chi connectivity index (χ1) is 8.57. The van der Waals surface area contributed by atoms with Gasteiger partial charge in [-0.25, -0.2) is 4.39 Å². The van der Waals surface area contributed by atoms with Crippen molar-refractivity contribution < 1.29 is 9.18 Å². The van der Waals surface area contributed by atoms with E-state index in [9.17, 15) is 9.18 Å². The molecule has 1 amide bonds. The lowest BCUT2D eigenvalue weighted by atomic mass is 9.81. The second kappa shape index (κ2) is 5.72. The Bertz CT molecular complexity index is 429. The average molecular weight is 265 g/mol. The maximum Gasteiger partial charge on any atom is 0.224 e. The molecule has 0 radical (unpaired) electrons. The van der Waals surface area contributed by atoms with E-state index in [1.807, 2.05) is 13.8 Å². The van der Waals surface area contributed by atoms with Crippen LogP contribution in [0, 0.1) is 11.2 Å². The first kappa shape index (κ1) is 15.7. The van der Waals surface area contributed by atoms with Gasteiger partial charge in [-0.05, 0) is 43.4 Å². The van der Waals surface area contributed by atoms with Crippen LogP contribution in [0.1, 0.15) is 46.6 Å². The van der Waals surface area contributed by atoms with Crippen molar-refractivity contribution in [3.8, 4) is 0 Å². The zero-order valence-electron chi connectivity index (χ0n) is 12.5. The highest BCUT2D eigenvalue weighted by Gasteiger charge is 2.26. The Morgan fingerprint density at radius 2 is 1.63 bits per heavy atom. The number of hydrogen-bond donors (Lipinski definition) is 1. The summed E-state index contributed by atoms with van der Waals surface area (Å²) in [5, 5.41) is 3.04. The fourth-order valence-corrected chi connectivity index (χ4v) is 2.58. The van der Waals surface area contributed by atoms with E-state index in [-0.39, 0.29) is 29.1 Å². The van der Waals surface area contributed by atoms with Crippen molar-refractivity contribution in [1.29, 1.82) is 0 Å². The van der Waals surface area contributed by atoms with Crippen LogP contribution in [0.4, 0.5) is 4.39 Å². The van der Waals surface area contributed by atoms with Gasteiger partial charge in [0.15, 0.2) is 0 Å². The molecule has 3 heteroatoms. The minimum Gasteiger partial charge on any atom is -0.351 e. The summed E-state index contributed by atoms with van der Waals surface area (Å²) in [5.41, 5.74) is 0.743. The molecule has 1 rings (SSSR count). The van der Waals surface area contributed by atoms with Crippen molar-refractivity contribution in [2.45, 2.75) is 53.0 Å². The summed E-state index contributed by atoms with van der Waals surface area (Å²) in [7, 11) is 0. The quantitative estimate of drug-likeness (QED) is 0.883. The van der Waals surface area contributed by atoms with Crippen molar-refractivity contribution in [1.82, 2.24) is 5.32 Å². The second-order valence-electron chi connectivity index (χ2n) is 6.97. The van der Waals surface area contributed by atoms with Gasteiger partial charge in [-0.3, -0.25) is 4.79 Å². The average Bonchev–Trinajstić information content (AvgIpc) is 2.16. The molecule has 0 saturated heterocycles. The third kappa shape index (κ3) is 6.37. The maximum absolute atomic E-state index is 12.8. The maximum atomic E-state index is 12.8. The number of amides is 1. The van der Waals surface area contributed by atoms with E-state index in [1.165, 1.54) is 12.1 Å². The van der Waals surface area contributed by atoms with Gasteiger partial charge in [-0.2, -0.15) is 0 Å². The smallest absolute Gasteiger partial charge is 0.224 e. The molecule has 1 aromatic rings. The zero-order chi connectivity index (χ0) is 14.7. The van der Waals surface area contributed by atoms with E-state index >= 15 is 0 Å². The predicted molar refractivity (Wildman–Crippen MR) is 76.4 cm³/mol. The third-order valence-electron chi connectivity index (χ3n) is 2.73. The normalized spacial score (nSPS) is 12.3. The zero-order valence-corrected chi connectivity index (χ0v) is 12.5. The first-order valence-electron chi connectivity index (χ1n) is 6.63. The van der Waals surface area contributed by atoms with Gasteiger partial charge in [0, 0.05) is 5.54 Å². The molecular formula is C16H24FNO. The van der Waals surface area contributed by atoms with Gasteiger partial charge in [-0.15, -0.1) is 0 Å². The molecule has 2 nitrogen and oxygen atoms in total. The molecule has 0 aliphatic carbocycles. The molecule has 106 valence electrons. The molecule has 1 aromatic carbocycles. The number of halogens is 1. The fraction of sp³-hybridized carbons (Fsp3) is 0.562. The van der Waals surface area contributed by atoms with E-state index in [1.54, 1.807) is 12.1 Å². The van der Waals surface area contributed by atoms with Crippen LogP contribution in [0.15, 0.2) is 24.3 Å².